The first-order valence-electron chi connectivity index (χ1n) is 10.5. The molecule has 180 valence electrons. The molecule has 3 nitrogen and oxygen atoms in total. The number of halogens is 7. The van der Waals surface area contributed by atoms with Crippen molar-refractivity contribution in [3.05, 3.63) is 34.9 Å². The minimum absolute atomic E-state index is 0.0461. The van der Waals surface area contributed by atoms with E-state index in [-0.39, 0.29) is 30.2 Å². The van der Waals surface area contributed by atoms with Crippen LogP contribution >= 0.6 is 0 Å². The van der Waals surface area contributed by atoms with Crippen molar-refractivity contribution in [2.45, 2.75) is 82.0 Å². The summed E-state index contributed by atoms with van der Waals surface area (Å²) in [5.74, 6) is -0.492. The number of fused-ring (bicyclic) bond motifs is 3. The molecule has 3 rings (SSSR count). The lowest BCUT2D eigenvalue weighted by atomic mass is 9.72. The largest absolute Gasteiger partial charge is 0.435 e. The van der Waals surface area contributed by atoms with Crippen LogP contribution in [-0.2, 0) is 16.9 Å². The summed E-state index contributed by atoms with van der Waals surface area (Å²) in [6, 6.07) is 2.23. The number of aryl methyl sites for hydroxylation is 1. The zero-order valence-corrected chi connectivity index (χ0v) is 17.9. The smallest absolute Gasteiger partial charge is 0.381 e. The molecule has 0 radical (unpaired) electrons. The number of amides is 1. The molecule has 1 aromatic carbocycles. The van der Waals surface area contributed by atoms with Crippen molar-refractivity contribution in [2.75, 3.05) is 0 Å². The van der Waals surface area contributed by atoms with Gasteiger partial charge in [0.2, 0.25) is 0 Å². The third-order valence-corrected chi connectivity index (χ3v) is 6.90. The summed E-state index contributed by atoms with van der Waals surface area (Å²) in [6.07, 6.45) is -10.2. The number of carbonyl (C=O) groups is 1. The monoisotopic (exact) mass is 469 g/mol. The SMILES string of the molecule is CC(NC(=O)C(C)(C)O)[C@@H]1CC[C@H]2c3ccc(C(F)(C(F)(F)F)C(F)(F)F)cc3CC[C@H]21. The van der Waals surface area contributed by atoms with Gasteiger partial charge < -0.3 is 10.4 Å². The van der Waals surface area contributed by atoms with Crippen molar-refractivity contribution in [3.8, 4) is 0 Å². The molecule has 32 heavy (non-hydrogen) atoms. The van der Waals surface area contributed by atoms with Gasteiger partial charge in [-0.05, 0) is 75.3 Å². The van der Waals surface area contributed by atoms with Gasteiger partial charge in [0.05, 0.1) is 0 Å². The summed E-state index contributed by atoms with van der Waals surface area (Å²) >= 11 is 0. The average Bonchev–Trinajstić information content (AvgIpc) is 3.08. The number of aliphatic hydroxyl groups is 1. The second-order valence-corrected chi connectivity index (χ2v) is 9.44. The summed E-state index contributed by atoms with van der Waals surface area (Å²) in [4.78, 5) is 12.1. The lowest BCUT2D eigenvalue weighted by Gasteiger charge is -2.36. The maximum atomic E-state index is 14.5. The lowest BCUT2D eigenvalue weighted by Crippen LogP contribution is -2.50. The van der Waals surface area contributed by atoms with E-state index in [0.717, 1.165) is 0 Å². The third kappa shape index (κ3) is 4.10. The predicted molar refractivity (Wildman–Crippen MR) is 103 cm³/mol. The Morgan fingerprint density at radius 2 is 1.62 bits per heavy atom. The second-order valence-electron chi connectivity index (χ2n) is 9.44. The fraction of sp³-hybridized carbons (Fsp3) is 0.682. The van der Waals surface area contributed by atoms with Crippen LogP contribution in [0.1, 0.15) is 62.6 Å². The van der Waals surface area contributed by atoms with E-state index < -0.39 is 35.1 Å². The maximum absolute atomic E-state index is 14.5. The van der Waals surface area contributed by atoms with E-state index >= 15 is 0 Å². The van der Waals surface area contributed by atoms with Crippen molar-refractivity contribution >= 4 is 5.91 Å². The van der Waals surface area contributed by atoms with Crippen LogP contribution in [0.2, 0.25) is 0 Å². The molecule has 2 aliphatic rings. The Bertz CT molecular complexity index is 859. The molecular formula is C22H26F7NO2. The first-order valence-corrected chi connectivity index (χ1v) is 10.5. The van der Waals surface area contributed by atoms with E-state index in [1.54, 1.807) is 0 Å². The van der Waals surface area contributed by atoms with E-state index in [9.17, 15) is 40.6 Å². The molecule has 10 heteroatoms. The number of carbonyl (C=O) groups excluding carboxylic acids is 1. The molecule has 2 aliphatic carbocycles. The molecule has 0 heterocycles. The molecule has 0 aliphatic heterocycles. The van der Waals surface area contributed by atoms with Crippen LogP contribution in [0.25, 0.3) is 0 Å². The number of benzene rings is 1. The Morgan fingerprint density at radius 1 is 1.03 bits per heavy atom. The van der Waals surface area contributed by atoms with Gasteiger partial charge in [-0.2, -0.15) is 26.3 Å². The van der Waals surface area contributed by atoms with Crippen LogP contribution in [0.15, 0.2) is 18.2 Å². The molecule has 1 amide bonds. The highest BCUT2D eigenvalue weighted by Crippen LogP contribution is 2.55. The van der Waals surface area contributed by atoms with Gasteiger partial charge in [-0.1, -0.05) is 18.2 Å². The quantitative estimate of drug-likeness (QED) is 0.588. The van der Waals surface area contributed by atoms with Gasteiger partial charge in [0.1, 0.15) is 5.60 Å². The number of hydrogen-bond donors (Lipinski definition) is 2. The van der Waals surface area contributed by atoms with Crippen LogP contribution in [0.5, 0.6) is 0 Å². The maximum Gasteiger partial charge on any atom is 0.435 e. The number of rotatable bonds is 4. The van der Waals surface area contributed by atoms with Gasteiger partial charge in [0.25, 0.3) is 5.91 Å². The van der Waals surface area contributed by atoms with Gasteiger partial charge in [0, 0.05) is 11.6 Å². The fourth-order valence-corrected chi connectivity index (χ4v) is 5.22. The zero-order valence-electron chi connectivity index (χ0n) is 17.9. The van der Waals surface area contributed by atoms with Gasteiger partial charge in [-0.3, -0.25) is 4.79 Å². The fourth-order valence-electron chi connectivity index (χ4n) is 5.22. The average molecular weight is 469 g/mol. The van der Waals surface area contributed by atoms with E-state index in [4.69, 9.17) is 0 Å². The molecule has 4 atom stereocenters. The Kier molecular flexibility index (Phi) is 6.11. The molecule has 0 spiro atoms. The van der Waals surface area contributed by atoms with Crippen LogP contribution in [0, 0.1) is 11.8 Å². The molecule has 0 saturated heterocycles. The van der Waals surface area contributed by atoms with Crippen LogP contribution in [0.3, 0.4) is 0 Å². The van der Waals surface area contributed by atoms with E-state index in [0.29, 0.717) is 42.5 Å². The van der Waals surface area contributed by atoms with Gasteiger partial charge in [-0.15, -0.1) is 0 Å². The Labute approximate surface area is 181 Å². The van der Waals surface area contributed by atoms with Gasteiger partial charge >= 0.3 is 18.0 Å². The summed E-state index contributed by atoms with van der Waals surface area (Å²) in [6.45, 7) is 4.56. The molecule has 2 N–H and O–H groups in total. The minimum Gasteiger partial charge on any atom is -0.381 e. The zero-order chi connectivity index (χ0) is 24.3. The summed E-state index contributed by atoms with van der Waals surface area (Å²) in [5.41, 5.74) is -7.49. The summed E-state index contributed by atoms with van der Waals surface area (Å²) in [7, 11) is 0. The standard InChI is InChI=1S/C22H26F7NO2/c1-11(30-18(31)19(2,3)32)14-8-9-17-15-7-5-13(10-12(15)4-6-16(14)17)20(23,21(24,25)26)22(27,28)29/h5,7,10-11,14,16-17,32H,4,6,8-9H2,1-3H3,(H,30,31)/t11?,14-,16-,17-/m0/s1. The number of alkyl halides is 7. The highest BCUT2D eigenvalue weighted by atomic mass is 19.4. The molecule has 1 aromatic rings. The molecule has 1 fully saturated rings. The topological polar surface area (TPSA) is 49.3 Å². The molecular weight excluding hydrogens is 443 g/mol. The van der Waals surface area contributed by atoms with Crippen LogP contribution < -0.4 is 5.32 Å². The first kappa shape index (κ1) is 24.8. The Morgan fingerprint density at radius 3 is 2.16 bits per heavy atom. The van der Waals surface area contributed by atoms with Crippen molar-refractivity contribution in [3.63, 3.8) is 0 Å². The van der Waals surface area contributed by atoms with Crippen molar-refractivity contribution < 1.29 is 40.6 Å². The lowest BCUT2D eigenvalue weighted by molar-refractivity contribution is -0.348. The molecule has 1 saturated carbocycles. The number of nitrogens with one attached hydrogen (secondary N) is 1. The highest BCUT2D eigenvalue weighted by Gasteiger charge is 2.73. The van der Waals surface area contributed by atoms with Crippen molar-refractivity contribution in [1.82, 2.24) is 5.32 Å². The molecule has 0 bridgehead atoms. The second kappa shape index (κ2) is 7.88. The number of hydrogen-bond acceptors (Lipinski definition) is 2. The first-order chi connectivity index (χ1) is 14.5. The third-order valence-electron chi connectivity index (χ3n) is 6.90. The Balaban J connectivity index is 1.87. The van der Waals surface area contributed by atoms with Crippen LogP contribution in [-0.4, -0.2) is 35.0 Å². The van der Waals surface area contributed by atoms with E-state index in [2.05, 4.69) is 5.32 Å². The summed E-state index contributed by atoms with van der Waals surface area (Å²) < 4.78 is 93.1. The normalized spacial score (nSPS) is 25.2. The van der Waals surface area contributed by atoms with Gasteiger partial charge in [0.15, 0.2) is 0 Å². The van der Waals surface area contributed by atoms with E-state index in [1.165, 1.54) is 19.9 Å². The Hall–Kier alpha value is -1.84. The summed E-state index contributed by atoms with van der Waals surface area (Å²) in [5, 5.41) is 12.6. The van der Waals surface area contributed by atoms with E-state index in [1.807, 2.05) is 6.92 Å². The highest BCUT2D eigenvalue weighted by molar-refractivity contribution is 5.84. The molecule has 1 unspecified atom stereocenters. The predicted octanol–water partition coefficient (Wildman–Crippen LogP) is 5.31. The minimum atomic E-state index is -6.14. The van der Waals surface area contributed by atoms with Crippen molar-refractivity contribution in [1.29, 1.82) is 0 Å². The van der Waals surface area contributed by atoms with Crippen molar-refractivity contribution in [2.24, 2.45) is 11.8 Å². The van der Waals surface area contributed by atoms with Gasteiger partial charge in [-0.25, -0.2) is 4.39 Å². The molecule has 0 aromatic heterocycles. The van der Waals surface area contributed by atoms with Crippen LogP contribution in [0.4, 0.5) is 30.7 Å².